The number of nitrogens with one attached hydrogen (secondary N) is 1. The van der Waals surface area contributed by atoms with E-state index in [1.807, 2.05) is 0 Å². The van der Waals surface area contributed by atoms with E-state index in [0.717, 1.165) is 13.0 Å². The Hall–Kier alpha value is -1.24. The highest BCUT2D eigenvalue weighted by molar-refractivity contribution is 5.31. The van der Waals surface area contributed by atoms with Gasteiger partial charge in [-0.3, -0.25) is 0 Å². The molecular weight excluding hydrogens is 194 g/mol. The fraction of sp³-hybridized carbons (Fsp3) is 0.467. The van der Waals surface area contributed by atoms with Crippen molar-refractivity contribution >= 4 is 0 Å². The van der Waals surface area contributed by atoms with Crippen molar-refractivity contribution < 1.29 is 0 Å². The minimum absolute atomic E-state index is 0.626. The van der Waals surface area contributed by atoms with Crippen LogP contribution in [-0.4, -0.2) is 6.54 Å². The summed E-state index contributed by atoms with van der Waals surface area (Å²) in [5, 5.41) is 3.44. The minimum atomic E-state index is 0.626. The van der Waals surface area contributed by atoms with Crippen molar-refractivity contribution in [2.45, 2.75) is 32.6 Å². The highest BCUT2D eigenvalue weighted by Gasteiger charge is 2.19. The summed E-state index contributed by atoms with van der Waals surface area (Å²) in [4.78, 5) is 0. The van der Waals surface area contributed by atoms with Gasteiger partial charge >= 0.3 is 0 Å². The molecule has 0 saturated carbocycles. The molecule has 0 heterocycles. The molecule has 0 aromatic heterocycles. The fourth-order valence-electron chi connectivity index (χ4n) is 2.43. The number of rotatable bonds is 4. The normalized spacial score (nSPS) is 18.9. The van der Waals surface area contributed by atoms with E-state index < -0.39 is 0 Å². The molecule has 16 heavy (non-hydrogen) atoms. The van der Waals surface area contributed by atoms with Gasteiger partial charge in [-0.2, -0.15) is 0 Å². The maximum Gasteiger partial charge on any atom is 0.0141 e. The van der Waals surface area contributed by atoms with Crippen LogP contribution in [0.5, 0.6) is 0 Å². The summed E-state index contributed by atoms with van der Waals surface area (Å²) in [6, 6.07) is 8.80. The first-order valence-corrected chi connectivity index (χ1v) is 6.30. The van der Waals surface area contributed by atoms with E-state index in [2.05, 4.69) is 43.1 Å². The van der Waals surface area contributed by atoms with Crippen LogP contribution in [0.25, 0.3) is 0 Å². The predicted molar refractivity (Wildman–Crippen MR) is 69.4 cm³/mol. The lowest BCUT2D eigenvalue weighted by molar-refractivity contribution is 0.492. The molecule has 1 nitrogen and oxygen atoms in total. The summed E-state index contributed by atoms with van der Waals surface area (Å²) in [5.74, 6) is 0.626. The molecule has 1 aliphatic rings. The van der Waals surface area contributed by atoms with E-state index in [-0.39, 0.29) is 0 Å². The second-order valence-corrected chi connectivity index (χ2v) is 4.66. The van der Waals surface area contributed by atoms with Crippen LogP contribution in [0.1, 0.15) is 30.9 Å². The first-order valence-electron chi connectivity index (χ1n) is 6.30. The summed E-state index contributed by atoms with van der Waals surface area (Å²) in [5.41, 5.74) is 4.27. The van der Waals surface area contributed by atoms with Gasteiger partial charge in [0.15, 0.2) is 0 Å². The Balaban J connectivity index is 1.99. The fourth-order valence-corrected chi connectivity index (χ4v) is 2.43. The van der Waals surface area contributed by atoms with Crippen molar-refractivity contribution in [1.29, 1.82) is 0 Å². The zero-order valence-corrected chi connectivity index (χ0v) is 10.1. The van der Waals surface area contributed by atoms with Crippen molar-refractivity contribution in [3.63, 3.8) is 0 Å². The van der Waals surface area contributed by atoms with Gasteiger partial charge in [0.2, 0.25) is 0 Å². The molecule has 0 fully saturated rings. The smallest absolute Gasteiger partial charge is 0.0141 e. The van der Waals surface area contributed by atoms with Crippen molar-refractivity contribution in [1.82, 2.24) is 5.32 Å². The lowest BCUT2D eigenvalue weighted by atomic mass is 9.82. The molecule has 1 aliphatic carbocycles. The summed E-state index contributed by atoms with van der Waals surface area (Å²) in [7, 11) is 0. The highest BCUT2D eigenvalue weighted by Crippen LogP contribution is 2.28. The molecular formula is C15H21N. The van der Waals surface area contributed by atoms with E-state index >= 15 is 0 Å². The van der Waals surface area contributed by atoms with Crippen LogP contribution >= 0.6 is 0 Å². The molecule has 86 valence electrons. The zero-order valence-electron chi connectivity index (χ0n) is 10.1. The number of allylic oxidation sites excluding steroid dienone is 1. The Morgan fingerprint density at radius 1 is 1.38 bits per heavy atom. The highest BCUT2D eigenvalue weighted by atomic mass is 14.9. The standard InChI is InChI=1S/C15H21N/c1-3-10-16-12(2)14-9-8-13-6-4-5-7-15(13)11-14/h4-7,14,16H,2-3,8-11H2,1H3. The number of aryl methyl sites for hydroxylation is 1. The molecule has 0 radical (unpaired) electrons. The first-order chi connectivity index (χ1) is 7.81. The Labute approximate surface area is 98.6 Å². The number of fused-ring (bicyclic) bond motifs is 1. The Bertz CT molecular complexity index is 367. The summed E-state index contributed by atoms with van der Waals surface area (Å²) >= 11 is 0. The second-order valence-electron chi connectivity index (χ2n) is 4.66. The molecule has 1 N–H and O–H groups in total. The summed E-state index contributed by atoms with van der Waals surface area (Å²) in [6.45, 7) is 7.42. The monoisotopic (exact) mass is 215 g/mol. The molecule has 1 aromatic carbocycles. The molecule has 0 saturated heterocycles. The van der Waals surface area contributed by atoms with Crippen LogP contribution in [-0.2, 0) is 12.8 Å². The van der Waals surface area contributed by atoms with Gasteiger partial charge in [0.1, 0.15) is 0 Å². The van der Waals surface area contributed by atoms with Gasteiger partial charge in [-0.05, 0) is 36.8 Å². The molecule has 0 amide bonds. The van der Waals surface area contributed by atoms with Gasteiger partial charge in [-0.15, -0.1) is 0 Å². The van der Waals surface area contributed by atoms with Gasteiger partial charge in [0, 0.05) is 18.2 Å². The minimum Gasteiger partial charge on any atom is -0.389 e. The largest absolute Gasteiger partial charge is 0.389 e. The first kappa shape index (κ1) is 11.3. The van der Waals surface area contributed by atoms with Gasteiger partial charge in [-0.1, -0.05) is 37.8 Å². The average Bonchev–Trinajstić information content (AvgIpc) is 2.35. The second kappa shape index (κ2) is 5.20. The van der Waals surface area contributed by atoms with Crippen molar-refractivity contribution in [3.05, 3.63) is 47.7 Å². The van der Waals surface area contributed by atoms with Gasteiger partial charge in [-0.25, -0.2) is 0 Å². The predicted octanol–water partition coefficient (Wildman–Crippen LogP) is 3.30. The maximum absolute atomic E-state index is 4.18. The van der Waals surface area contributed by atoms with E-state index in [0.29, 0.717) is 5.92 Å². The Kier molecular flexibility index (Phi) is 3.66. The lowest BCUT2D eigenvalue weighted by Crippen LogP contribution is -2.25. The van der Waals surface area contributed by atoms with Crippen molar-refractivity contribution in [2.24, 2.45) is 5.92 Å². The van der Waals surface area contributed by atoms with Crippen LogP contribution in [0.2, 0.25) is 0 Å². The summed E-state index contributed by atoms with van der Waals surface area (Å²) in [6.07, 6.45) is 4.77. The maximum atomic E-state index is 4.18. The Morgan fingerprint density at radius 3 is 2.88 bits per heavy atom. The molecule has 0 bridgehead atoms. The topological polar surface area (TPSA) is 12.0 Å². The van der Waals surface area contributed by atoms with Crippen molar-refractivity contribution in [2.75, 3.05) is 6.54 Å². The van der Waals surface area contributed by atoms with Crippen LogP contribution in [0.3, 0.4) is 0 Å². The third kappa shape index (κ3) is 2.46. The molecule has 2 rings (SSSR count). The van der Waals surface area contributed by atoms with Crippen LogP contribution in [0, 0.1) is 5.92 Å². The molecule has 1 atom stereocenters. The van der Waals surface area contributed by atoms with E-state index in [1.165, 1.54) is 36.1 Å². The van der Waals surface area contributed by atoms with Crippen LogP contribution in [0.15, 0.2) is 36.5 Å². The molecule has 1 unspecified atom stereocenters. The average molecular weight is 215 g/mol. The van der Waals surface area contributed by atoms with Crippen molar-refractivity contribution in [3.8, 4) is 0 Å². The van der Waals surface area contributed by atoms with Gasteiger partial charge < -0.3 is 5.32 Å². The molecule has 1 heteroatoms. The third-order valence-corrected chi connectivity index (χ3v) is 3.44. The van der Waals surface area contributed by atoms with Gasteiger partial charge in [0.25, 0.3) is 0 Å². The molecule has 0 spiro atoms. The zero-order chi connectivity index (χ0) is 11.4. The van der Waals surface area contributed by atoms with E-state index in [1.54, 1.807) is 0 Å². The quantitative estimate of drug-likeness (QED) is 0.812. The Morgan fingerprint density at radius 2 is 2.12 bits per heavy atom. The van der Waals surface area contributed by atoms with E-state index in [9.17, 15) is 0 Å². The number of hydrogen-bond acceptors (Lipinski definition) is 1. The summed E-state index contributed by atoms with van der Waals surface area (Å²) < 4.78 is 0. The van der Waals surface area contributed by atoms with Crippen LogP contribution < -0.4 is 5.32 Å². The number of hydrogen-bond donors (Lipinski definition) is 1. The number of benzene rings is 1. The molecule has 0 aliphatic heterocycles. The molecule has 1 aromatic rings. The SMILES string of the molecule is C=C(NCCC)C1CCc2ccccc2C1. The van der Waals surface area contributed by atoms with Crippen LogP contribution in [0.4, 0.5) is 0 Å². The third-order valence-electron chi connectivity index (χ3n) is 3.44. The lowest BCUT2D eigenvalue weighted by Gasteiger charge is -2.26. The van der Waals surface area contributed by atoms with E-state index in [4.69, 9.17) is 0 Å². The van der Waals surface area contributed by atoms with Gasteiger partial charge in [0.05, 0.1) is 0 Å².